The van der Waals surface area contributed by atoms with Crippen LogP contribution in [0.4, 0.5) is 5.69 Å². The lowest BCUT2D eigenvalue weighted by molar-refractivity contribution is -0.154. The summed E-state index contributed by atoms with van der Waals surface area (Å²) in [6.45, 7) is 1.12. The first-order valence-electron chi connectivity index (χ1n) is 9.95. The molecule has 4 N–H and O–H groups in total. The van der Waals surface area contributed by atoms with Crippen molar-refractivity contribution in [3.05, 3.63) is 29.3 Å². The minimum Gasteiger partial charge on any atom is -0.382 e. The zero-order valence-corrected chi connectivity index (χ0v) is 17.9. The summed E-state index contributed by atoms with van der Waals surface area (Å²) in [5.74, 6) is -0.905. The van der Waals surface area contributed by atoms with Gasteiger partial charge >= 0.3 is 0 Å². The number of nitrogens with zero attached hydrogens (tertiary/aromatic N) is 1. The van der Waals surface area contributed by atoms with Gasteiger partial charge in [-0.05, 0) is 18.9 Å². The van der Waals surface area contributed by atoms with E-state index in [9.17, 15) is 28.2 Å². The Hall–Kier alpha value is -2.09. The molecule has 0 spiro atoms. The Bertz CT molecular complexity index is 923. The van der Waals surface area contributed by atoms with Crippen molar-refractivity contribution in [2.75, 3.05) is 37.9 Å². The summed E-state index contributed by atoms with van der Waals surface area (Å²) < 4.78 is 31.8. The lowest BCUT2D eigenvalue weighted by atomic mass is 10.0. The number of rotatable bonds is 10. The highest BCUT2D eigenvalue weighted by molar-refractivity contribution is 7.85. The van der Waals surface area contributed by atoms with Gasteiger partial charge < -0.3 is 20.3 Å². The van der Waals surface area contributed by atoms with Crippen molar-refractivity contribution >= 4 is 27.6 Å². The van der Waals surface area contributed by atoms with E-state index < -0.39 is 34.5 Å². The van der Waals surface area contributed by atoms with Gasteiger partial charge in [0.25, 0.3) is 10.1 Å². The normalized spacial score (nSPS) is 24.2. The van der Waals surface area contributed by atoms with Gasteiger partial charge in [-0.15, -0.1) is 0 Å². The van der Waals surface area contributed by atoms with E-state index in [4.69, 9.17) is 4.74 Å². The molecule has 172 valence electrons. The number of ether oxygens (including phenoxy) is 1. The second-order valence-corrected chi connectivity index (χ2v) is 9.03. The van der Waals surface area contributed by atoms with E-state index in [2.05, 4.69) is 14.8 Å². The number of amides is 2. The van der Waals surface area contributed by atoms with E-state index in [0.29, 0.717) is 43.0 Å². The SMILES string of the molecule is CS(=O)(=O)OCCCOCCNc1cccc2c1C(O)N(C1CCC(=O)NC1=O)C2O. The van der Waals surface area contributed by atoms with Crippen molar-refractivity contribution < 1.29 is 37.1 Å². The van der Waals surface area contributed by atoms with Gasteiger partial charge in [0.1, 0.15) is 12.5 Å². The lowest BCUT2D eigenvalue weighted by Crippen LogP contribution is -2.52. The molecule has 3 rings (SSSR count). The van der Waals surface area contributed by atoms with Crippen LogP contribution in [0.15, 0.2) is 18.2 Å². The van der Waals surface area contributed by atoms with Gasteiger partial charge in [0.05, 0.1) is 25.5 Å². The molecule has 0 radical (unpaired) electrons. The van der Waals surface area contributed by atoms with Crippen LogP contribution < -0.4 is 10.6 Å². The molecule has 1 aromatic rings. The highest BCUT2D eigenvalue weighted by Crippen LogP contribution is 2.45. The summed E-state index contributed by atoms with van der Waals surface area (Å²) in [6, 6.07) is 4.34. The van der Waals surface area contributed by atoms with Gasteiger partial charge in [0, 0.05) is 36.4 Å². The molecule has 12 heteroatoms. The molecule has 2 aliphatic heterocycles. The van der Waals surface area contributed by atoms with Crippen LogP contribution >= 0.6 is 0 Å². The maximum Gasteiger partial charge on any atom is 0.264 e. The first kappa shape index (κ1) is 23.6. The van der Waals surface area contributed by atoms with Crippen molar-refractivity contribution in [3.8, 4) is 0 Å². The number of aliphatic hydroxyl groups is 2. The number of fused-ring (bicyclic) bond motifs is 1. The van der Waals surface area contributed by atoms with Gasteiger partial charge in [-0.25, -0.2) is 4.90 Å². The number of benzene rings is 1. The van der Waals surface area contributed by atoms with Gasteiger partial charge in [-0.1, -0.05) is 12.1 Å². The fourth-order valence-electron chi connectivity index (χ4n) is 3.73. The molecule has 11 nitrogen and oxygen atoms in total. The number of anilines is 1. The number of carbonyl (C=O) groups is 2. The molecule has 0 aliphatic carbocycles. The van der Waals surface area contributed by atoms with E-state index in [1.54, 1.807) is 18.2 Å². The van der Waals surface area contributed by atoms with E-state index in [1.807, 2.05) is 0 Å². The molecule has 0 bridgehead atoms. The summed E-state index contributed by atoms with van der Waals surface area (Å²) >= 11 is 0. The quantitative estimate of drug-likeness (QED) is 0.207. The fourth-order valence-corrected chi connectivity index (χ4v) is 4.15. The van der Waals surface area contributed by atoms with Gasteiger partial charge in [0.2, 0.25) is 11.8 Å². The van der Waals surface area contributed by atoms with Crippen LogP contribution in [0, 0.1) is 0 Å². The van der Waals surface area contributed by atoms with Crippen molar-refractivity contribution in [3.63, 3.8) is 0 Å². The van der Waals surface area contributed by atoms with Crippen molar-refractivity contribution in [1.82, 2.24) is 10.2 Å². The maximum atomic E-state index is 12.2. The average Bonchev–Trinajstić information content (AvgIpc) is 2.95. The predicted octanol–water partition coefficient (Wildman–Crippen LogP) is -0.416. The second kappa shape index (κ2) is 10.0. The summed E-state index contributed by atoms with van der Waals surface area (Å²) in [5.41, 5.74) is 1.56. The third kappa shape index (κ3) is 5.79. The molecule has 31 heavy (non-hydrogen) atoms. The highest BCUT2D eigenvalue weighted by Gasteiger charge is 2.45. The van der Waals surface area contributed by atoms with Crippen LogP contribution in [0.1, 0.15) is 42.8 Å². The zero-order valence-electron chi connectivity index (χ0n) is 17.1. The molecule has 1 fully saturated rings. The molecule has 2 amide bonds. The van der Waals surface area contributed by atoms with E-state index >= 15 is 0 Å². The van der Waals surface area contributed by atoms with Crippen LogP contribution in [-0.2, 0) is 28.6 Å². The van der Waals surface area contributed by atoms with Crippen LogP contribution in [0.2, 0.25) is 0 Å². The Balaban J connectivity index is 1.54. The van der Waals surface area contributed by atoms with Crippen molar-refractivity contribution in [2.24, 2.45) is 0 Å². The Morgan fingerprint density at radius 3 is 2.68 bits per heavy atom. The number of carbonyl (C=O) groups excluding carboxylic acids is 2. The zero-order chi connectivity index (χ0) is 22.6. The van der Waals surface area contributed by atoms with E-state index in [1.165, 1.54) is 4.90 Å². The number of aliphatic hydroxyl groups excluding tert-OH is 2. The van der Waals surface area contributed by atoms with E-state index in [-0.39, 0.29) is 25.4 Å². The maximum absolute atomic E-state index is 12.2. The Morgan fingerprint density at radius 2 is 1.97 bits per heavy atom. The fraction of sp³-hybridized carbons (Fsp3) is 0.579. The van der Waals surface area contributed by atoms with Crippen LogP contribution in [0.25, 0.3) is 0 Å². The molecule has 3 atom stereocenters. The van der Waals surface area contributed by atoms with Crippen LogP contribution in [0.5, 0.6) is 0 Å². The molecule has 1 saturated heterocycles. The van der Waals surface area contributed by atoms with Crippen molar-refractivity contribution in [2.45, 2.75) is 37.8 Å². The Kier molecular flexibility index (Phi) is 7.62. The number of hydrogen-bond acceptors (Lipinski definition) is 10. The summed E-state index contributed by atoms with van der Waals surface area (Å²) in [7, 11) is -3.45. The molecule has 0 aromatic heterocycles. The Labute approximate surface area is 180 Å². The number of piperidine rings is 1. The molecule has 1 aromatic carbocycles. The number of nitrogens with one attached hydrogen (secondary N) is 2. The monoisotopic (exact) mass is 457 g/mol. The standard InChI is InChI=1S/C19H27N3O8S/c1-31(27,28)30-10-3-9-29-11-8-20-13-5-2-4-12-16(13)19(26)22(18(12)25)14-6-7-15(23)21-17(14)24/h2,4-5,14,18-20,25-26H,3,6-11H2,1H3,(H,21,23,24). The second-order valence-electron chi connectivity index (χ2n) is 7.39. The number of imide groups is 1. The molecular formula is C19H27N3O8S. The number of hydrogen-bond donors (Lipinski definition) is 4. The minimum atomic E-state index is -3.45. The van der Waals surface area contributed by atoms with Gasteiger partial charge in [-0.3, -0.25) is 19.1 Å². The lowest BCUT2D eigenvalue weighted by Gasteiger charge is -2.34. The Morgan fingerprint density at radius 1 is 1.19 bits per heavy atom. The van der Waals surface area contributed by atoms with Crippen LogP contribution in [-0.4, -0.2) is 74.0 Å². The third-order valence-electron chi connectivity index (χ3n) is 5.10. The first-order valence-corrected chi connectivity index (χ1v) is 11.8. The van der Waals surface area contributed by atoms with Crippen molar-refractivity contribution in [1.29, 1.82) is 0 Å². The smallest absolute Gasteiger partial charge is 0.264 e. The predicted molar refractivity (Wildman–Crippen MR) is 109 cm³/mol. The topological polar surface area (TPSA) is 154 Å². The first-order chi connectivity index (χ1) is 14.7. The third-order valence-corrected chi connectivity index (χ3v) is 5.70. The summed E-state index contributed by atoms with van der Waals surface area (Å²) in [5, 5.41) is 27.0. The molecule has 0 saturated carbocycles. The molecular weight excluding hydrogens is 430 g/mol. The largest absolute Gasteiger partial charge is 0.382 e. The van der Waals surface area contributed by atoms with Gasteiger partial charge in [0.15, 0.2) is 0 Å². The summed E-state index contributed by atoms with van der Waals surface area (Å²) in [6.07, 6.45) is -0.622. The average molecular weight is 458 g/mol. The molecule has 3 unspecified atom stereocenters. The minimum absolute atomic E-state index is 0.0543. The summed E-state index contributed by atoms with van der Waals surface area (Å²) in [4.78, 5) is 24.9. The highest BCUT2D eigenvalue weighted by atomic mass is 32.2. The molecule has 2 heterocycles. The van der Waals surface area contributed by atoms with Gasteiger partial charge in [-0.2, -0.15) is 8.42 Å². The van der Waals surface area contributed by atoms with Crippen LogP contribution in [0.3, 0.4) is 0 Å². The van der Waals surface area contributed by atoms with E-state index in [0.717, 1.165) is 6.26 Å². The molecule has 2 aliphatic rings.